The van der Waals surface area contributed by atoms with E-state index in [0.717, 1.165) is 6.61 Å². The molecule has 0 aliphatic carbocycles. The lowest BCUT2D eigenvalue weighted by molar-refractivity contribution is 0.299. The van der Waals surface area contributed by atoms with Crippen molar-refractivity contribution in [3.8, 4) is 0 Å². The third-order valence-corrected chi connectivity index (χ3v) is 8.75. The highest BCUT2D eigenvalue weighted by molar-refractivity contribution is 6.78. The Bertz CT molecular complexity index is 246. The Morgan fingerprint density at radius 1 is 0.682 bits per heavy atom. The molecule has 0 rings (SSSR count). The molecule has 0 aromatic carbocycles. The van der Waals surface area contributed by atoms with Gasteiger partial charge in [-0.05, 0) is 31.4 Å². The van der Waals surface area contributed by atoms with Gasteiger partial charge in [0.2, 0.25) is 8.32 Å². The van der Waals surface area contributed by atoms with Crippen LogP contribution in [0.4, 0.5) is 0 Å². The van der Waals surface area contributed by atoms with Gasteiger partial charge in [-0.1, -0.05) is 90.8 Å². The van der Waals surface area contributed by atoms with Gasteiger partial charge >= 0.3 is 0 Å². The van der Waals surface area contributed by atoms with Crippen LogP contribution in [-0.4, -0.2) is 14.9 Å². The summed E-state index contributed by atoms with van der Waals surface area (Å²) in [5.74, 6) is 0. The quantitative estimate of drug-likeness (QED) is 0.212. The predicted molar refractivity (Wildman–Crippen MR) is 104 cm³/mol. The highest BCUT2D eigenvalue weighted by Crippen LogP contribution is 2.20. The number of rotatable bonds is 16. The molecule has 0 aromatic rings. The molecule has 2 heteroatoms. The zero-order valence-electron chi connectivity index (χ0n) is 16.0. The zero-order chi connectivity index (χ0) is 16.5. The van der Waals surface area contributed by atoms with Gasteiger partial charge in [-0.3, -0.25) is 0 Å². The molecule has 132 valence electrons. The number of hydrogen-bond donors (Lipinski definition) is 0. The minimum atomic E-state index is -1.55. The van der Waals surface area contributed by atoms with Gasteiger partial charge in [-0.15, -0.1) is 0 Å². The third kappa shape index (κ3) is 11.5. The summed E-state index contributed by atoms with van der Waals surface area (Å²) >= 11 is 0. The van der Waals surface area contributed by atoms with Crippen LogP contribution in [0.25, 0.3) is 0 Å². The normalized spacial score (nSPS) is 12.4. The van der Waals surface area contributed by atoms with Crippen molar-refractivity contribution in [2.75, 3.05) is 6.61 Å². The van der Waals surface area contributed by atoms with Crippen LogP contribution in [0.3, 0.4) is 0 Å². The van der Waals surface area contributed by atoms with E-state index in [0.29, 0.717) is 0 Å². The Morgan fingerprint density at radius 3 is 1.77 bits per heavy atom. The lowest BCUT2D eigenvalue weighted by atomic mass is 10.1. The molecule has 0 amide bonds. The van der Waals surface area contributed by atoms with Gasteiger partial charge in [0, 0.05) is 6.61 Å². The first-order valence-corrected chi connectivity index (χ1v) is 12.5. The molecule has 0 atom stereocenters. The lowest BCUT2D eigenvalue weighted by Crippen LogP contribution is -2.35. The topological polar surface area (TPSA) is 9.23 Å². The van der Waals surface area contributed by atoms with Crippen LogP contribution >= 0.6 is 0 Å². The van der Waals surface area contributed by atoms with E-state index in [1.165, 1.54) is 82.7 Å². The number of unbranched alkanes of at least 4 members (excludes halogenated alkanes) is 9. The van der Waals surface area contributed by atoms with Gasteiger partial charge < -0.3 is 4.43 Å². The summed E-state index contributed by atoms with van der Waals surface area (Å²) in [5, 5.41) is 0. The first-order chi connectivity index (χ1) is 10.7. The van der Waals surface area contributed by atoms with E-state index in [9.17, 15) is 0 Å². The second-order valence-electron chi connectivity index (χ2n) is 6.64. The summed E-state index contributed by atoms with van der Waals surface area (Å²) < 4.78 is 6.30. The summed E-state index contributed by atoms with van der Waals surface area (Å²) in [6, 6.07) is 2.45. The first-order valence-electron chi connectivity index (χ1n) is 10.1. The largest absolute Gasteiger partial charge is 0.413 e. The molecular weight excluding hydrogens is 284 g/mol. The molecule has 0 aromatic heterocycles. The molecule has 22 heavy (non-hydrogen) atoms. The van der Waals surface area contributed by atoms with Crippen molar-refractivity contribution >= 4 is 8.32 Å². The Balaban J connectivity index is 3.77. The zero-order valence-corrected chi connectivity index (χ0v) is 17.0. The summed E-state index contributed by atoms with van der Waals surface area (Å²) in [6.45, 7) is 10.1. The van der Waals surface area contributed by atoms with Crippen molar-refractivity contribution in [3.05, 3.63) is 11.8 Å². The van der Waals surface area contributed by atoms with Crippen LogP contribution < -0.4 is 0 Å². The molecule has 0 saturated carbocycles. The Labute approximate surface area is 142 Å². The number of hydrogen-bond acceptors (Lipinski definition) is 1. The highest BCUT2D eigenvalue weighted by Gasteiger charge is 2.27. The molecule has 0 heterocycles. The average molecular weight is 327 g/mol. The van der Waals surface area contributed by atoms with Crippen LogP contribution in [0.1, 0.15) is 98.3 Å². The standard InChI is InChI=1S/C20H42OSi/c1-5-9-11-12-13-14-15-16-17-18-20-22(7-3,8-4)21-19-10-6-2/h18,20H,5-17,19H2,1-4H3. The molecular formula is C20H42OSi. The first kappa shape index (κ1) is 21.9. The second-order valence-corrected chi connectivity index (χ2v) is 10.8. The monoisotopic (exact) mass is 326 g/mol. The molecule has 0 fully saturated rings. The van der Waals surface area contributed by atoms with E-state index in [4.69, 9.17) is 4.43 Å². The maximum absolute atomic E-state index is 6.30. The highest BCUT2D eigenvalue weighted by atomic mass is 28.4. The Hall–Kier alpha value is -0.0831. The minimum Gasteiger partial charge on any atom is -0.413 e. The molecule has 0 aliphatic heterocycles. The van der Waals surface area contributed by atoms with Crippen LogP contribution in [0.2, 0.25) is 12.1 Å². The van der Waals surface area contributed by atoms with Crippen molar-refractivity contribution in [2.24, 2.45) is 0 Å². The summed E-state index contributed by atoms with van der Waals surface area (Å²) in [6.07, 6.45) is 17.4. The van der Waals surface area contributed by atoms with Gasteiger partial charge in [0.15, 0.2) is 0 Å². The van der Waals surface area contributed by atoms with Crippen molar-refractivity contribution in [2.45, 2.75) is 110 Å². The average Bonchev–Trinajstić information content (AvgIpc) is 2.55. The lowest BCUT2D eigenvalue weighted by Gasteiger charge is -2.25. The van der Waals surface area contributed by atoms with Gasteiger partial charge in [-0.25, -0.2) is 0 Å². The van der Waals surface area contributed by atoms with Gasteiger partial charge in [0.25, 0.3) is 0 Å². The summed E-state index contributed by atoms with van der Waals surface area (Å²) in [4.78, 5) is 0. The molecule has 0 bridgehead atoms. The van der Waals surface area contributed by atoms with E-state index in [2.05, 4.69) is 39.5 Å². The van der Waals surface area contributed by atoms with E-state index >= 15 is 0 Å². The van der Waals surface area contributed by atoms with E-state index < -0.39 is 8.32 Å². The summed E-state index contributed by atoms with van der Waals surface area (Å²) in [5.41, 5.74) is 2.49. The van der Waals surface area contributed by atoms with E-state index in [-0.39, 0.29) is 0 Å². The maximum Gasteiger partial charge on any atom is 0.216 e. The smallest absolute Gasteiger partial charge is 0.216 e. The summed E-state index contributed by atoms with van der Waals surface area (Å²) in [7, 11) is -1.55. The van der Waals surface area contributed by atoms with Crippen LogP contribution in [0, 0.1) is 0 Å². The van der Waals surface area contributed by atoms with Crippen LogP contribution in [0.5, 0.6) is 0 Å². The van der Waals surface area contributed by atoms with Crippen molar-refractivity contribution in [3.63, 3.8) is 0 Å². The second kappa shape index (κ2) is 15.8. The fraction of sp³-hybridized carbons (Fsp3) is 0.900. The van der Waals surface area contributed by atoms with Gasteiger partial charge in [0.1, 0.15) is 0 Å². The molecule has 0 saturated heterocycles. The molecule has 0 aliphatic rings. The molecule has 0 radical (unpaired) electrons. The third-order valence-electron chi connectivity index (χ3n) is 4.73. The molecule has 1 nitrogen and oxygen atoms in total. The Morgan fingerprint density at radius 2 is 1.23 bits per heavy atom. The van der Waals surface area contributed by atoms with Crippen molar-refractivity contribution < 1.29 is 4.43 Å². The van der Waals surface area contributed by atoms with Gasteiger partial charge in [-0.2, -0.15) is 0 Å². The molecule has 0 spiro atoms. The van der Waals surface area contributed by atoms with Gasteiger partial charge in [0.05, 0.1) is 0 Å². The molecule has 0 unspecified atom stereocenters. The predicted octanol–water partition coefficient (Wildman–Crippen LogP) is 7.41. The Kier molecular flexibility index (Phi) is 15.7. The van der Waals surface area contributed by atoms with E-state index in [1.807, 2.05) is 0 Å². The van der Waals surface area contributed by atoms with Crippen molar-refractivity contribution in [1.82, 2.24) is 0 Å². The van der Waals surface area contributed by atoms with Crippen molar-refractivity contribution in [1.29, 1.82) is 0 Å². The van der Waals surface area contributed by atoms with E-state index in [1.54, 1.807) is 0 Å². The molecule has 0 N–H and O–H groups in total. The SMILES string of the molecule is CCCCCCCCCCC=C[Si](CC)(CC)OCCCC. The van der Waals surface area contributed by atoms with Crippen LogP contribution in [0.15, 0.2) is 11.8 Å². The maximum atomic E-state index is 6.30. The number of allylic oxidation sites excluding steroid dienone is 1. The van der Waals surface area contributed by atoms with Crippen LogP contribution in [-0.2, 0) is 4.43 Å². The fourth-order valence-corrected chi connectivity index (χ4v) is 5.47. The minimum absolute atomic E-state index is 0.965. The fourth-order valence-electron chi connectivity index (χ4n) is 2.85.